The zero-order valence-corrected chi connectivity index (χ0v) is 12.2. The monoisotopic (exact) mass is 284 g/mol. The van der Waals surface area contributed by atoms with Crippen LogP contribution >= 0.6 is 11.8 Å². The van der Waals surface area contributed by atoms with Crippen LogP contribution in [0.4, 0.5) is 0 Å². The fourth-order valence-corrected chi connectivity index (χ4v) is 4.64. The normalized spacial score (nSPS) is 29.5. The average Bonchev–Trinajstić information content (AvgIpc) is 3.13. The van der Waals surface area contributed by atoms with Crippen LogP contribution in [0.2, 0.25) is 0 Å². The van der Waals surface area contributed by atoms with Gasteiger partial charge in [0.05, 0.1) is 6.54 Å². The van der Waals surface area contributed by atoms with Gasteiger partial charge in [0.25, 0.3) is 0 Å². The molecule has 3 unspecified atom stereocenters. The van der Waals surface area contributed by atoms with Crippen LogP contribution in [0.15, 0.2) is 5.16 Å². The van der Waals surface area contributed by atoms with Crippen LogP contribution in [0.5, 0.6) is 0 Å². The minimum Gasteiger partial charge on any atom is -0.354 e. The van der Waals surface area contributed by atoms with E-state index in [1.54, 1.807) is 18.9 Å². The summed E-state index contributed by atoms with van der Waals surface area (Å²) in [5, 5.41) is 13.5. The highest BCUT2D eigenvalue weighted by Crippen LogP contribution is 2.50. The molecule has 0 spiro atoms. The maximum Gasteiger partial charge on any atom is 0.209 e. The first-order chi connectivity index (χ1) is 9.30. The minimum atomic E-state index is -0.303. The molecular formula is C12H20N4O2S. The Morgan fingerprint density at radius 2 is 2.16 bits per heavy atom. The lowest BCUT2D eigenvalue weighted by Crippen LogP contribution is -2.22. The molecule has 2 aliphatic rings. The third kappa shape index (κ3) is 2.78. The van der Waals surface area contributed by atoms with Crippen LogP contribution in [-0.4, -0.2) is 46.0 Å². The second-order valence-electron chi connectivity index (χ2n) is 5.38. The maximum atomic E-state index is 5.20. The van der Waals surface area contributed by atoms with E-state index in [1.807, 2.05) is 11.8 Å². The Labute approximate surface area is 117 Å². The van der Waals surface area contributed by atoms with Crippen molar-refractivity contribution in [2.24, 2.45) is 11.8 Å². The average molecular weight is 284 g/mol. The van der Waals surface area contributed by atoms with E-state index >= 15 is 0 Å². The Bertz CT molecular complexity index is 424. The molecule has 6 nitrogen and oxygen atoms in total. The first-order valence-electron chi connectivity index (χ1n) is 6.78. The lowest BCUT2D eigenvalue weighted by Gasteiger charge is -2.20. The van der Waals surface area contributed by atoms with Crippen molar-refractivity contribution in [2.45, 2.75) is 48.9 Å². The van der Waals surface area contributed by atoms with Gasteiger partial charge in [-0.05, 0) is 41.5 Å². The zero-order valence-electron chi connectivity index (χ0n) is 11.4. The number of nitrogens with zero attached hydrogens (tertiary/aromatic N) is 4. The number of aromatic nitrogens is 4. The molecule has 2 saturated carbocycles. The van der Waals surface area contributed by atoms with E-state index < -0.39 is 0 Å². The number of thioether (sulfide) groups is 1. The number of ether oxygens (including phenoxy) is 2. The highest BCUT2D eigenvalue weighted by atomic mass is 32.2. The summed E-state index contributed by atoms with van der Waals surface area (Å²) in [5.74, 6) is 1.80. The minimum absolute atomic E-state index is 0.303. The molecule has 2 aliphatic carbocycles. The number of tetrazole rings is 1. The lowest BCUT2D eigenvalue weighted by molar-refractivity contribution is -0.113. The zero-order chi connectivity index (χ0) is 13.2. The molecule has 1 heterocycles. The Hall–Kier alpha value is -0.660. The molecule has 0 N–H and O–H groups in total. The summed E-state index contributed by atoms with van der Waals surface area (Å²) in [4.78, 5) is 0. The van der Waals surface area contributed by atoms with Crippen molar-refractivity contribution >= 4 is 11.8 Å². The van der Waals surface area contributed by atoms with Gasteiger partial charge in [-0.25, -0.2) is 4.68 Å². The lowest BCUT2D eigenvalue weighted by atomic mass is 10.0. The quantitative estimate of drug-likeness (QED) is 0.739. The number of methoxy groups -OCH3 is 2. The van der Waals surface area contributed by atoms with Gasteiger partial charge in [0.1, 0.15) is 0 Å². The summed E-state index contributed by atoms with van der Waals surface area (Å²) in [6.45, 7) is 0.531. The van der Waals surface area contributed by atoms with Gasteiger partial charge in [0.15, 0.2) is 6.29 Å². The molecule has 2 bridgehead atoms. The standard InChI is InChI=1S/C12H20N4O2S/c1-17-11(18-2)7-16-12(13-14-15-16)19-10-6-8-3-4-9(10)5-8/h8-11H,3-7H2,1-2H3. The van der Waals surface area contributed by atoms with E-state index in [9.17, 15) is 0 Å². The molecule has 3 rings (SSSR count). The number of rotatable bonds is 6. The number of fused-ring (bicyclic) bond motifs is 2. The van der Waals surface area contributed by atoms with Gasteiger partial charge < -0.3 is 9.47 Å². The largest absolute Gasteiger partial charge is 0.354 e. The van der Waals surface area contributed by atoms with Gasteiger partial charge >= 0.3 is 0 Å². The Morgan fingerprint density at radius 1 is 1.32 bits per heavy atom. The molecular weight excluding hydrogens is 264 g/mol. The molecule has 19 heavy (non-hydrogen) atoms. The molecule has 1 aromatic rings. The molecule has 0 saturated heterocycles. The van der Waals surface area contributed by atoms with Crippen LogP contribution in [0.25, 0.3) is 0 Å². The SMILES string of the molecule is COC(Cn1nnnc1SC1CC2CCC1C2)OC. The van der Waals surface area contributed by atoms with Crippen molar-refractivity contribution in [2.75, 3.05) is 14.2 Å². The van der Waals surface area contributed by atoms with E-state index in [0.717, 1.165) is 17.0 Å². The molecule has 0 radical (unpaired) electrons. The number of hydrogen-bond acceptors (Lipinski definition) is 6. The van der Waals surface area contributed by atoms with Gasteiger partial charge in [0, 0.05) is 19.5 Å². The molecule has 0 amide bonds. The van der Waals surface area contributed by atoms with E-state index in [0.29, 0.717) is 11.8 Å². The second-order valence-corrected chi connectivity index (χ2v) is 6.58. The Balaban J connectivity index is 1.63. The summed E-state index contributed by atoms with van der Waals surface area (Å²) in [7, 11) is 3.25. The van der Waals surface area contributed by atoms with Gasteiger partial charge in [-0.3, -0.25) is 0 Å². The molecule has 106 valence electrons. The topological polar surface area (TPSA) is 62.1 Å². The predicted octanol–water partition coefficient (Wildman–Crippen LogP) is 1.57. The van der Waals surface area contributed by atoms with Crippen molar-refractivity contribution in [1.29, 1.82) is 0 Å². The van der Waals surface area contributed by atoms with E-state index in [-0.39, 0.29) is 6.29 Å². The van der Waals surface area contributed by atoms with Crippen molar-refractivity contribution in [1.82, 2.24) is 20.2 Å². The van der Waals surface area contributed by atoms with Crippen molar-refractivity contribution < 1.29 is 9.47 Å². The molecule has 2 fully saturated rings. The molecule has 3 atom stereocenters. The fourth-order valence-electron chi connectivity index (χ4n) is 3.25. The van der Waals surface area contributed by atoms with Crippen LogP contribution in [0.3, 0.4) is 0 Å². The predicted molar refractivity (Wildman–Crippen MR) is 70.7 cm³/mol. The van der Waals surface area contributed by atoms with Gasteiger partial charge in [-0.15, -0.1) is 5.10 Å². The van der Waals surface area contributed by atoms with Crippen LogP contribution in [0, 0.1) is 11.8 Å². The summed E-state index contributed by atoms with van der Waals surface area (Å²) in [5.41, 5.74) is 0. The summed E-state index contributed by atoms with van der Waals surface area (Å²) in [6.07, 6.45) is 5.21. The molecule has 0 aliphatic heterocycles. The van der Waals surface area contributed by atoms with Crippen LogP contribution in [0.1, 0.15) is 25.7 Å². The van der Waals surface area contributed by atoms with E-state index in [1.165, 1.54) is 25.7 Å². The first-order valence-corrected chi connectivity index (χ1v) is 7.66. The molecule has 0 aromatic carbocycles. The highest BCUT2D eigenvalue weighted by molar-refractivity contribution is 7.99. The summed E-state index contributed by atoms with van der Waals surface area (Å²) >= 11 is 1.83. The van der Waals surface area contributed by atoms with Crippen molar-refractivity contribution in [3.8, 4) is 0 Å². The second kappa shape index (κ2) is 5.76. The van der Waals surface area contributed by atoms with E-state index in [2.05, 4.69) is 15.5 Å². The van der Waals surface area contributed by atoms with E-state index in [4.69, 9.17) is 9.47 Å². The summed E-state index contributed by atoms with van der Waals surface area (Å²) < 4.78 is 12.2. The van der Waals surface area contributed by atoms with Crippen molar-refractivity contribution in [3.05, 3.63) is 0 Å². The molecule has 1 aromatic heterocycles. The van der Waals surface area contributed by atoms with Crippen LogP contribution < -0.4 is 0 Å². The Morgan fingerprint density at radius 3 is 2.79 bits per heavy atom. The number of hydrogen-bond donors (Lipinski definition) is 0. The fraction of sp³-hybridized carbons (Fsp3) is 0.917. The summed E-state index contributed by atoms with van der Waals surface area (Å²) in [6, 6.07) is 0. The molecule has 7 heteroatoms. The third-order valence-electron chi connectivity index (χ3n) is 4.28. The van der Waals surface area contributed by atoms with Crippen molar-refractivity contribution in [3.63, 3.8) is 0 Å². The first kappa shape index (κ1) is 13.3. The smallest absolute Gasteiger partial charge is 0.209 e. The third-order valence-corrected chi connectivity index (χ3v) is 5.66. The van der Waals surface area contributed by atoms with Gasteiger partial charge in [-0.2, -0.15) is 0 Å². The van der Waals surface area contributed by atoms with Gasteiger partial charge in [-0.1, -0.05) is 18.2 Å². The Kier molecular flexibility index (Phi) is 4.04. The van der Waals surface area contributed by atoms with Crippen LogP contribution in [-0.2, 0) is 16.0 Å². The van der Waals surface area contributed by atoms with Gasteiger partial charge in [0.2, 0.25) is 5.16 Å². The maximum absolute atomic E-state index is 5.20. The highest BCUT2D eigenvalue weighted by Gasteiger charge is 2.40.